The van der Waals surface area contributed by atoms with E-state index in [4.69, 9.17) is 0 Å². The molecule has 1 aliphatic heterocycles. The molecule has 35 heavy (non-hydrogen) atoms. The number of para-hydroxylation sites is 2. The minimum absolute atomic E-state index is 0.333. The van der Waals surface area contributed by atoms with Crippen LogP contribution in [0.25, 0.3) is 27.8 Å². The third kappa shape index (κ3) is 2.90. The molecule has 170 valence electrons. The SMILES string of the molecule is Cn1c(=O)c2c(-c3ccccc3)n3c(c2n(C)c1=O)[C@H](c1ccc(C#N)cc1)Nc1ccccc1-3. The molecule has 3 aromatic carbocycles. The maximum absolute atomic E-state index is 13.6. The molecule has 0 unspecified atom stereocenters. The fourth-order valence-corrected chi connectivity index (χ4v) is 5.09. The summed E-state index contributed by atoms with van der Waals surface area (Å²) in [5, 5.41) is 13.4. The molecule has 2 aromatic heterocycles. The Morgan fingerprint density at radius 1 is 0.857 bits per heavy atom. The van der Waals surface area contributed by atoms with Gasteiger partial charge < -0.3 is 9.88 Å². The van der Waals surface area contributed by atoms with Gasteiger partial charge in [-0.25, -0.2) is 4.79 Å². The maximum atomic E-state index is 13.6. The van der Waals surface area contributed by atoms with Crippen LogP contribution in [0.15, 0.2) is 88.5 Å². The van der Waals surface area contributed by atoms with Gasteiger partial charge in [-0.3, -0.25) is 13.9 Å². The molecule has 0 spiro atoms. The van der Waals surface area contributed by atoms with Crippen LogP contribution in [-0.4, -0.2) is 13.7 Å². The predicted octanol–water partition coefficient (Wildman–Crippen LogP) is 4.08. The molecule has 6 rings (SSSR count). The second-order valence-electron chi connectivity index (χ2n) is 8.69. The Hall–Kier alpha value is -4.83. The van der Waals surface area contributed by atoms with E-state index in [1.165, 1.54) is 7.05 Å². The molecule has 5 aromatic rings. The molecular weight excluding hydrogens is 438 g/mol. The van der Waals surface area contributed by atoms with Crippen molar-refractivity contribution in [3.63, 3.8) is 0 Å². The number of nitrogens with one attached hydrogen (secondary N) is 1. The quantitative estimate of drug-likeness (QED) is 0.431. The van der Waals surface area contributed by atoms with Gasteiger partial charge in [-0.1, -0.05) is 54.6 Å². The summed E-state index contributed by atoms with van der Waals surface area (Å²) in [4.78, 5) is 26.7. The number of rotatable bonds is 2. The molecule has 1 N–H and O–H groups in total. The highest BCUT2D eigenvalue weighted by atomic mass is 16.2. The van der Waals surface area contributed by atoms with E-state index in [1.54, 1.807) is 23.7 Å². The van der Waals surface area contributed by atoms with E-state index < -0.39 is 0 Å². The Kier molecular flexibility index (Phi) is 4.51. The Labute approximate surface area is 200 Å². The van der Waals surface area contributed by atoms with Crippen LogP contribution >= 0.6 is 0 Å². The normalized spacial score (nSPS) is 14.1. The van der Waals surface area contributed by atoms with E-state index in [9.17, 15) is 14.9 Å². The monoisotopic (exact) mass is 459 g/mol. The molecule has 3 heterocycles. The Morgan fingerprint density at radius 3 is 2.26 bits per heavy atom. The van der Waals surface area contributed by atoms with Gasteiger partial charge in [-0.05, 0) is 35.4 Å². The van der Waals surface area contributed by atoms with Gasteiger partial charge in [0.1, 0.15) is 0 Å². The zero-order valence-corrected chi connectivity index (χ0v) is 19.2. The first-order valence-electron chi connectivity index (χ1n) is 11.3. The molecule has 0 fully saturated rings. The smallest absolute Gasteiger partial charge is 0.331 e. The maximum Gasteiger partial charge on any atom is 0.331 e. The largest absolute Gasteiger partial charge is 0.371 e. The van der Waals surface area contributed by atoms with Crippen molar-refractivity contribution in [2.45, 2.75) is 6.04 Å². The first kappa shape index (κ1) is 20.8. The van der Waals surface area contributed by atoms with E-state index in [2.05, 4.69) is 16.0 Å². The fourth-order valence-electron chi connectivity index (χ4n) is 5.09. The molecule has 7 nitrogen and oxygen atoms in total. The summed E-state index contributed by atoms with van der Waals surface area (Å²) >= 11 is 0. The molecular formula is C28H21N5O2. The number of nitrogens with zero attached hydrogens (tertiary/aromatic N) is 4. The highest BCUT2D eigenvalue weighted by Gasteiger charge is 2.34. The van der Waals surface area contributed by atoms with Crippen molar-refractivity contribution in [3.05, 3.63) is 117 Å². The van der Waals surface area contributed by atoms with E-state index in [0.29, 0.717) is 16.5 Å². The van der Waals surface area contributed by atoms with Crippen LogP contribution in [0.1, 0.15) is 22.9 Å². The van der Waals surface area contributed by atoms with Gasteiger partial charge in [0.2, 0.25) is 0 Å². The van der Waals surface area contributed by atoms with Crippen molar-refractivity contribution < 1.29 is 0 Å². The van der Waals surface area contributed by atoms with Gasteiger partial charge in [-0.15, -0.1) is 0 Å². The van der Waals surface area contributed by atoms with Crippen LogP contribution in [0.2, 0.25) is 0 Å². The van der Waals surface area contributed by atoms with Crippen molar-refractivity contribution in [2.24, 2.45) is 14.1 Å². The van der Waals surface area contributed by atoms with Gasteiger partial charge in [0, 0.05) is 14.1 Å². The van der Waals surface area contributed by atoms with Crippen LogP contribution in [0.5, 0.6) is 0 Å². The number of hydrogen-bond acceptors (Lipinski definition) is 4. The summed E-state index contributed by atoms with van der Waals surface area (Å²) in [6.07, 6.45) is 0. The molecule has 1 aliphatic rings. The average Bonchev–Trinajstić information content (AvgIpc) is 3.27. The molecule has 1 atom stereocenters. The standard InChI is InChI=1S/C28H21N5O2/c1-31-25-22(27(34)32(2)28(31)35)24(19-8-4-3-5-9-19)33-21-11-7-6-10-20(21)30-23(26(25)33)18-14-12-17(16-29)13-15-18/h3-15,23,30H,1-2H3/t23-/m0/s1. The minimum atomic E-state index is -0.382. The van der Waals surface area contributed by atoms with E-state index in [1.807, 2.05) is 66.7 Å². The zero-order valence-electron chi connectivity index (χ0n) is 19.2. The number of anilines is 1. The summed E-state index contributed by atoms with van der Waals surface area (Å²) in [7, 11) is 3.22. The molecule has 0 bridgehead atoms. The second kappa shape index (κ2) is 7.61. The number of benzene rings is 3. The van der Waals surface area contributed by atoms with Gasteiger partial charge >= 0.3 is 5.69 Å². The third-order valence-electron chi connectivity index (χ3n) is 6.75. The zero-order chi connectivity index (χ0) is 24.3. The summed E-state index contributed by atoms with van der Waals surface area (Å²) in [5.74, 6) is 0. The molecule has 0 aliphatic carbocycles. The lowest BCUT2D eigenvalue weighted by Gasteiger charge is -2.31. The van der Waals surface area contributed by atoms with Crippen LogP contribution in [0.4, 0.5) is 5.69 Å². The van der Waals surface area contributed by atoms with Crippen molar-refractivity contribution in [3.8, 4) is 23.0 Å². The van der Waals surface area contributed by atoms with Gasteiger partial charge in [0.05, 0.1) is 51.3 Å². The van der Waals surface area contributed by atoms with Crippen molar-refractivity contribution >= 4 is 16.6 Å². The lowest BCUT2D eigenvalue weighted by molar-refractivity contribution is 0.708. The molecule has 0 radical (unpaired) electrons. The summed E-state index contributed by atoms with van der Waals surface area (Å²) < 4.78 is 4.83. The predicted molar refractivity (Wildman–Crippen MR) is 136 cm³/mol. The summed E-state index contributed by atoms with van der Waals surface area (Å²) in [5.41, 5.74) is 5.61. The lowest BCUT2D eigenvalue weighted by atomic mass is 9.98. The number of nitriles is 1. The number of fused-ring (bicyclic) bond motifs is 5. The number of hydrogen-bond donors (Lipinski definition) is 1. The van der Waals surface area contributed by atoms with Gasteiger partial charge in [0.25, 0.3) is 5.56 Å². The Balaban J connectivity index is 1.84. The highest BCUT2D eigenvalue weighted by Crippen LogP contribution is 2.45. The van der Waals surface area contributed by atoms with Gasteiger partial charge in [0.15, 0.2) is 0 Å². The van der Waals surface area contributed by atoms with Crippen molar-refractivity contribution in [1.82, 2.24) is 13.7 Å². The second-order valence-corrected chi connectivity index (χ2v) is 8.69. The Bertz CT molecular complexity index is 1780. The summed E-state index contributed by atoms with van der Waals surface area (Å²) in [6, 6.07) is 26.9. The fraction of sp³-hybridized carbons (Fsp3) is 0.107. The number of aryl methyl sites for hydroxylation is 1. The Morgan fingerprint density at radius 2 is 1.54 bits per heavy atom. The number of aromatic nitrogens is 3. The van der Waals surface area contributed by atoms with Crippen molar-refractivity contribution in [1.29, 1.82) is 5.26 Å². The first-order chi connectivity index (χ1) is 17.0. The highest BCUT2D eigenvalue weighted by molar-refractivity contribution is 5.99. The topological polar surface area (TPSA) is 84.8 Å². The summed E-state index contributed by atoms with van der Waals surface area (Å²) in [6.45, 7) is 0. The van der Waals surface area contributed by atoms with Gasteiger partial charge in [-0.2, -0.15) is 5.26 Å². The van der Waals surface area contributed by atoms with Crippen molar-refractivity contribution in [2.75, 3.05) is 5.32 Å². The van der Waals surface area contributed by atoms with E-state index in [-0.39, 0.29) is 17.3 Å². The third-order valence-corrected chi connectivity index (χ3v) is 6.75. The molecule has 7 heteroatoms. The lowest BCUT2D eigenvalue weighted by Crippen LogP contribution is -2.37. The molecule has 0 amide bonds. The van der Waals surface area contributed by atoms with Crippen LogP contribution in [-0.2, 0) is 14.1 Å². The van der Waals surface area contributed by atoms with Crippen LogP contribution in [0, 0.1) is 11.3 Å². The van der Waals surface area contributed by atoms with E-state index >= 15 is 0 Å². The first-order valence-corrected chi connectivity index (χ1v) is 11.3. The van der Waals surface area contributed by atoms with Crippen LogP contribution < -0.4 is 16.6 Å². The molecule has 0 saturated heterocycles. The minimum Gasteiger partial charge on any atom is -0.371 e. The average molecular weight is 460 g/mol. The van der Waals surface area contributed by atoms with E-state index in [0.717, 1.165) is 38.5 Å². The molecule has 0 saturated carbocycles. The van der Waals surface area contributed by atoms with Crippen LogP contribution in [0.3, 0.4) is 0 Å².